The number of carbonyl (C=O) groups is 1. The van der Waals surface area contributed by atoms with Crippen molar-refractivity contribution in [3.05, 3.63) is 40.2 Å². The van der Waals surface area contributed by atoms with E-state index in [4.69, 9.17) is 25.5 Å². The van der Waals surface area contributed by atoms with Crippen LogP contribution in [0.4, 0.5) is 13.2 Å². The molecule has 1 aromatic carbocycles. The van der Waals surface area contributed by atoms with Gasteiger partial charge in [0, 0.05) is 32.5 Å². The summed E-state index contributed by atoms with van der Waals surface area (Å²) in [5, 5.41) is 21.6. The fourth-order valence-corrected chi connectivity index (χ4v) is 5.04. The smallest absolute Gasteiger partial charge is 0.447 e. The number of benzene rings is 1. The van der Waals surface area contributed by atoms with Gasteiger partial charge in [0.1, 0.15) is 6.61 Å². The first-order chi connectivity index (χ1) is 17.6. The van der Waals surface area contributed by atoms with E-state index in [1.54, 1.807) is 43.9 Å². The van der Waals surface area contributed by atoms with Crippen molar-refractivity contribution < 1.29 is 41.7 Å². The Bertz CT molecular complexity index is 1120. The summed E-state index contributed by atoms with van der Waals surface area (Å²) in [5.41, 5.74) is 0.580. The van der Waals surface area contributed by atoms with Gasteiger partial charge in [-0.15, -0.1) is 18.3 Å². The minimum Gasteiger partial charge on any atom is -0.447 e. The highest BCUT2D eigenvalue weighted by atomic mass is 35.5. The molecule has 0 aliphatic carbocycles. The van der Waals surface area contributed by atoms with E-state index in [0.29, 0.717) is 33.7 Å². The lowest BCUT2D eigenvalue weighted by molar-refractivity contribution is -0.325. The number of alkyl halides is 3. The van der Waals surface area contributed by atoms with Gasteiger partial charge in [0.15, 0.2) is 0 Å². The van der Waals surface area contributed by atoms with Crippen LogP contribution in [0.15, 0.2) is 22.6 Å². The van der Waals surface area contributed by atoms with Crippen LogP contribution in [0.3, 0.4) is 0 Å². The number of carbonyl (C=O) groups excluding carboxylic acids is 1. The van der Waals surface area contributed by atoms with Gasteiger partial charge in [-0.2, -0.15) is 0 Å². The molecule has 3 atom stereocenters. The zero-order chi connectivity index (χ0) is 28.3. The van der Waals surface area contributed by atoms with Gasteiger partial charge in [-0.3, -0.25) is 9.53 Å². The molecule has 0 spiro atoms. The van der Waals surface area contributed by atoms with E-state index in [9.17, 15) is 23.1 Å². The maximum absolute atomic E-state index is 13.0. The number of rotatable bonds is 9. The van der Waals surface area contributed by atoms with Crippen LogP contribution < -0.4 is 10.1 Å². The number of aromatic nitrogens is 2. The number of aliphatic hydroxyl groups is 1. The van der Waals surface area contributed by atoms with Crippen LogP contribution >= 0.6 is 11.6 Å². The molecule has 0 radical (unpaired) electrons. The summed E-state index contributed by atoms with van der Waals surface area (Å²) < 4.78 is 56.4. The highest BCUT2D eigenvalue weighted by Gasteiger charge is 2.44. The van der Waals surface area contributed by atoms with Crippen LogP contribution in [0.5, 0.6) is 6.08 Å². The second-order valence-corrected chi connectivity index (χ2v) is 12.6. The Morgan fingerprint density at radius 3 is 2.68 bits per heavy atom. The maximum atomic E-state index is 13.0. The highest BCUT2D eigenvalue weighted by Crippen LogP contribution is 2.36. The number of amides is 1. The van der Waals surface area contributed by atoms with Crippen molar-refractivity contribution in [2.24, 2.45) is 0 Å². The van der Waals surface area contributed by atoms with Gasteiger partial charge in [-0.05, 0) is 58.2 Å². The van der Waals surface area contributed by atoms with E-state index < -0.39 is 42.8 Å². The van der Waals surface area contributed by atoms with E-state index in [2.05, 4.69) is 20.3 Å². The molecular formula is C23H32ClF3N4O6Si. The number of piperidine rings is 1. The summed E-state index contributed by atoms with van der Waals surface area (Å²) in [6, 6.07) is 4.47. The number of likely N-dealkylation sites (tertiary alicyclic amines) is 1. The number of hydrogen-bond acceptors (Lipinski definition) is 9. The Kier molecular flexibility index (Phi) is 9.48. The lowest BCUT2D eigenvalue weighted by Gasteiger charge is -2.46. The molecule has 0 saturated carbocycles. The zero-order valence-corrected chi connectivity index (χ0v) is 24.5. The molecule has 38 heavy (non-hydrogen) atoms. The van der Waals surface area contributed by atoms with Gasteiger partial charge in [0.25, 0.3) is 5.91 Å². The summed E-state index contributed by atoms with van der Waals surface area (Å²) in [5.74, 6) is -0.199. The second kappa shape index (κ2) is 11.9. The van der Waals surface area contributed by atoms with Gasteiger partial charge in [0.05, 0.1) is 18.2 Å². The summed E-state index contributed by atoms with van der Waals surface area (Å²) in [7, 11) is 0.537. The van der Waals surface area contributed by atoms with E-state index in [1.807, 2.05) is 6.92 Å². The van der Waals surface area contributed by atoms with E-state index in [1.165, 1.54) is 0 Å². The Labute approximate surface area is 226 Å². The first kappa shape index (κ1) is 30.3. The molecule has 1 unspecified atom stereocenters. The van der Waals surface area contributed by atoms with E-state index in [-0.39, 0.29) is 24.4 Å². The number of nitrogens with one attached hydrogen (secondary N) is 1. The third kappa shape index (κ3) is 8.64. The molecule has 10 nitrogen and oxygen atoms in total. The van der Waals surface area contributed by atoms with Crippen molar-refractivity contribution in [2.75, 3.05) is 19.8 Å². The topological polar surface area (TPSA) is 119 Å². The summed E-state index contributed by atoms with van der Waals surface area (Å²) in [4.78, 5) is 14.6. The molecule has 1 aliphatic rings. The van der Waals surface area contributed by atoms with Crippen LogP contribution in [0.25, 0.3) is 0 Å². The van der Waals surface area contributed by atoms with E-state index >= 15 is 0 Å². The summed E-state index contributed by atoms with van der Waals surface area (Å²) in [6.07, 6.45) is -5.54. The Hall–Kier alpha value is -2.23. The van der Waals surface area contributed by atoms with Crippen molar-refractivity contribution in [1.82, 2.24) is 20.4 Å². The molecular weight excluding hydrogens is 549 g/mol. The normalized spacial score (nSPS) is 21.9. The van der Waals surface area contributed by atoms with Gasteiger partial charge in [-0.1, -0.05) is 22.8 Å². The predicted molar refractivity (Wildman–Crippen MR) is 134 cm³/mol. The lowest BCUT2D eigenvalue weighted by Crippen LogP contribution is -2.62. The van der Waals surface area contributed by atoms with Crippen LogP contribution in [0.2, 0.25) is 5.02 Å². The molecule has 212 valence electrons. The molecule has 3 rings (SSSR count). The second-order valence-electron chi connectivity index (χ2n) is 10.3. The highest BCUT2D eigenvalue weighted by molar-refractivity contribution is 6.31. The molecule has 0 bridgehead atoms. The average molecular weight is 581 g/mol. The Balaban J connectivity index is 1.74. The molecule has 1 amide bonds. The van der Waals surface area contributed by atoms with Crippen molar-refractivity contribution >= 4 is 27.8 Å². The largest absolute Gasteiger partial charge is 0.522 e. The van der Waals surface area contributed by atoms with Crippen molar-refractivity contribution in [3.63, 3.8) is 0 Å². The number of nitrogens with zero attached hydrogens (tertiary/aromatic N) is 3. The third-order valence-corrected chi connectivity index (χ3v) is 7.25. The number of aryl methyl sites for hydroxylation is 1. The molecule has 1 aliphatic heterocycles. The zero-order valence-electron chi connectivity index (χ0n) is 21.8. The first-order valence-electron chi connectivity index (χ1n) is 11.9. The number of halogens is 4. The fraction of sp³-hybridized carbons (Fsp3) is 0.609. The number of hydrogen-bond donors (Lipinski definition) is 2. The molecule has 1 saturated heterocycles. The summed E-state index contributed by atoms with van der Waals surface area (Å²) in [6.45, 7) is 6.21. The van der Waals surface area contributed by atoms with Gasteiger partial charge < -0.3 is 24.3 Å². The van der Waals surface area contributed by atoms with Crippen LogP contribution in [0, 0.1) is 6.92 Å². The third-order valence-electron chi connectivity index (χ3n) is 5.78. The molecule has 2 aromatic rings. The molecule has 2 N–H and O–H groups in total. The molecule has 1 fully saturated rings. The lowest BCUT2D eigenvalue weighted by atomic mass is 9.97. The van der Waals surface area contributed by atoms with Crippen molar-refractivity contribution in [1.29, 1.82) is 0 Å². The van der Waals surface area contributed by atoms with Gasteiger partial charge in [-0.25, -0.2) is 4.90 Å². The monoisotopic (exact) mass is 580 g/mol. The average Bonchev–Trinajstić information content (AvgIpc) is 3.25. The van der Waals surface area contributed by atoms with E-state index in [0.717, 1.165) is 5.56 Å². The predicted octanol–water partition coefficient (Wildman–Crippen LogP) is 2.67. The molecule has 2 heterocycles. The Morgan fingerprint density at radius 1 is 1.34 bits per heavy atom. The standard InChI is InChI=1S/C23H32ClF3N4O6Si/c1-13-5-6-14(11-15(13)24)17(32)28-22(38)8-7-16(31(12-22)20(33)37-21(2,3)4)18-29-30-19(36-18)34-9-10-35-23(25,26)27/h5-6,11,16,20,33H,7-10,12H2,1-4,38H3,(H,28,32)/t16-,20?,22+/m1/s1. The fourth-order valence-electron chi connectivity index (χ4n) is 3.98. The molecule has 1 aromatic heterocycles. The SMILES string of the molecule is Cc1ccc(C(=O)N[C@]2([SiH3])CC[C@H](c3nnc(OCCOC(F)(F)F)o3)N(C(O)OC(C)(C)C)C2)cc1Cl. The van der Waals surface area contributed by atoms with Gasteiger partial charge in [0.2, 0.25) is 12.3 Å². The minimum absolute atomic E-state index is 0.0914. The summed E-state index contributed by atoms with van der Waals surface area (Å²) >= 11 is 6.19. The van der Waals surface area contributed by atoms with Gasteiger partial charge >= 0.3 is 12.4 Å². The number of ether oxygens (including phenoxy) is 3. The quantitative estimate of drug-likeness (QED) is 0.262. The molecule has 15 heteroatoms. The number of aliphatic hydroxyl groups excluding tert-OH is 1. The van der Waals surface area contributed by atoms with Crippen molar-refractivity contribution in [3.8, 4) is 6.08 Å². The van der Waals surface area contributed by atoms with Crippen LogP contribution in [-0.2, 0) is 9.47 Å². The van der Waals surface area contributed by atoms with Crippen LogP contribution in [0.1, 0.15) is 61.5 Å². The maximum Gasteiger partial charge on any atom is 0.522 e. The minimum atomic E-state index is -4.77. The van der Waals surface area contributed by atoms with Crippen molar-refractivity contribution in [2.45, 2.75) is 70.1 Å². The van der Waals surface area contributed by atoms with Crippen LogP contribution in [-0.4, -0.2) is 79.7 Å². The Morgan fingerprint density at radius 2 is 2.05 bits per heavy atom. The first-order valence-corrected chi connectivity index (χ1v) is 13.3.